The third-order valence-electron chi connectivity index (χ3n) is 10.7. The fraction of sp³-hybridized carbons (Fsp3) is 0.429. The zero-order chi connectivity index (χ0) is 31.8. The van der Waals surface area contributed by atoms with Crippen LogP contribution in [-0.4, -0.2) is 78.7 Å². The molecule has 4 aromatic heterocycles. The van der Waals surface area contributed by atoms with E-state index >= 15 is 0 Å². The van der Waals surface area contributed by atoms with Crippen LogP contribution in [0.5, 0.6) is 5.75 Å². The number of piperidine rings is 1. The van der Waals surface area contributed by atoms with Crippen molar-refractivity contribution in [3.8, 4) is 23.3 Å². The molecule has 3 atom stereocenters. The Morgan fingerprint density at radius 1 is 1.00 bits per heavy atom. The number of carbonyl (C=O) groups is 1. The van der Waals surface area contributed by atoms with Gasteiger partial charge in [-0.15, -0.1) is 0 Å². The number of pyridine rings is 1. The number of aromatic nitrogens is 6. The van der Waals surface area contributed by atoms with E-state index in [1.54, 1.807) is 19.5 Å². The Morgan fingerprint density at radius 2 is 1.83 bits per heavy atom. The average molecular weight is 629 g/mol. The lowest BCUT2D eigenvalue weighted by molar-refractivity contribution is 0.0700. The van der Waals surface area contributed by atoms with Crippen LogP contribution in [0, 0.1) is 29.1 Å². The van der Waals surface area contributed by atoms with Crippen LogP contribution < -0.4 is 15.4 Å². The molecule has 5 aromatic rings. The Kier molecular flexibility index (Phi) is 6.47. The number of nitriles is 1. The molecule has 2 aliphatic carbocycles. The number of ether oxygens (including phenoxy) is 1. The Morgan fingerprint density at radius 3 is 2.57 bits per heavy atom. The Labute approximate surface area is 271 Å². The average Bonchev–Trinajstić information content (AvgIpc) is 3.44. The van der Waals surface area contributed by atoms with Crippen molar-refractivity contribution in [2.24, 2.45) is 23.5 Å². The number of amides is 1. The molecule has 238 valence electrons. The van der Waals surface area contributed by atoms with Gasteiger partial charge >= 0.3 is 0 Å². The first-order chi connectivity index (χ1) is 23.0. The van der Waals surface area contributed by atoms with E-state index in [0.717, 1.165) is 66.1 Å². The molecule has 2 saturated heterocycles. The molecule has 47 heavy (non-hydrogen) atoms. The molecule has 0 radical (unpaired) electrons. The van der Waals surface area contributed by atoms with Crippen molar-refractivity contribution < 1.29 is 9.53 Å². The maximum atomic E-state index is 13.9. The number of hydrogen-bond acceptors (Lipinski definition) is 9. The molecule has 1 aromatic carbocycles. The number of benzene rings is 1. The zero-order valence-electron chi connectivity index (χ0n) is 26.3. The van der Waals surface area contributed by atoms with Crippen molar-refractivity contribution in [1.82, 2.24) is 34.0 Å². The van der Waals surface area contributed by atoms with Crippen molar-refractivity contribution in [3.63, 3.8) is 0 Å². The van der Waals surface area contributed by atoms with Crippen LogP contribution in [0.15, 0.2) is 48.9 Å². The molecule has 2 N–H and O–H groups in total. The number of nitrogens with zero attached hydrogens (tertiary/aromatic N) is 9. The molecule has 12 nitrogen and oxygen atoms in total. The van der Waals surface area contributed by atoms with Crippen LogP contribution in [-0.2, 0) is 13.1 Å². The highest BCUT2D eigenvalue weighted by atomic mass is 16.5. The lowest BCUT2D eigenvalue weighted by atomic mass is 9.99. The van der Waals surface area contributed by atoms with Gasteiger partial charge in [0, 0.05) is 80.3 Å². The first kappa shape index (κ1) is 28.2. The minimum absolute atomic E-state index is 0.0112. The molecule has 4 fully saturated rings. The minimum Gasteiger partial charge on any atom is -0.494 e. The van der Waals surface area contributed by atoms with Gasteiger partial charge in [-0.1, -0.05) is 0 Å². The highest BCUT2D eigenvalue weighted by Crippen LogP contribution is 2.41. The number of anilines is 1. The number of hydrogen-bond donors (Lipinski definition) is 1. The molecule has 2 saturated carbocycles. The van der Waals surface area contributed by atoms with E-state index < -0.39 is 0 Å². The van der Waals surface area contributed by atoms with Gasteiger partial charge in [-0.2, -0.15) is 5.26 Å². The van der Waals surface area contributed by atoms with E-state index in [0.29, 0.717) is 47.8 Å². The third-order valence-corrected chi connectivity index (χ3v) is 10.7. The molecule has 0 spiro atoms. The van der Waals surface area contributed by atoms with Gasteiger partial charge in [0.05, 0.1) is 18.3 Å². The number of carbonyl (C=O) groups excluding carboxylic acids is 1. The number of likely N-dealkylation sites (tertiary alicyclic amines) is 1. The predicted octanol–water partition coefficient (Wildman–Crippen LogP) is 3.83. The first-order valence-corrected chi connectivity index (χ1v) is 16.6. The maximum absolute atomic E-state index is 13.9. The van der Waals surface area contributed by atoms with Gasteiger partial charge in [-0.3, -0.25) is 4.79 Å². The Bertz CT molecular complexity index is 2090. The smallest absolute Gasteiger partial charge is 0.254 e. The molecular formula is C35H36N10O2. The predicted molar refractivity (Wildman–Crippen MR) is 176 cm³/mol. The summed E-state index contributed by atoms with van der Waals surface area (Å²) in [5.74, 6) is 3.34. The van der Waals surface area contributed by atoms with E-state index in [-0.39, 0.29) is 23.9 Å². The van der Waals surface area contributed by atoms with Gasteiger partial charge in [-0.25, -0.2) is 19.9 Å². The van der Waals surface area contributed by atoms with Gasteiger partial charge < -0.3 is 29.4 Å². The SMILES string of the molecule is COc1cc(C(=O)N2CC3CCC2[C@@H]3N)cc2nc(-c3cc4cccnc4n3CC3CC3)n(CC3CN(c4nccnc4C#N)C3)c12. The van der Waals surface area contributed by atoms with Gasteiger partial charge in [0.25, 0.3) is 5.91 Å². The number of rotatable bonds is 8. The van der Waals surface area contributed by atoms with E-state index in [4.69, 9.17) is 20.4 Å². The van der Waals surface area contributed by atoms with Crippen molar-refractivity contribution in [3.05, 3.63) is 60.2 Å². The fourth-order valence-electron chi connectivity index (χ4n) is 8.10. The van der Waals surface area contributed by atoms with Crippen LogP contribution >= 0.6 is 0 Å². The van der Waals surface area contributed by atoms with Gasteiger partial charge in [0.1, 0.15) is 23.0 Å². The molecule has 9 rings (SSSR count). The normalized spacial score (nSPS) is 22.3. The lowest BCUT2D eigenvalue weighted by Crippen LogP contribution is -2.49. The Balaban J connectivity index is 1.14. The molecular weight excluding hydrogens is 592 g/mol. The second-order valence-corrected chi connectivity index (χ2v) is 13.6. The van der Waals surface area contributed by atoms with E-state index in [9.17, 15) is 10.1 Å². The fourth-order valence-corrected chi connectivity index (χ4v) is 8.10. The summed E-state index contributed by atoms with van der Waals surface area (Å²) in [6.45, 7) is 3.73. The van der Waals surface area contributed by atoms with Crippen LogP contribution in [0.1, 0.15) is 41.7 Å². The van der Waals surface area contributed by atoms with Gasteiger partial charge in [-0.05, 0) is 67.9 Å². The van der Waals surface area contributed by atoms with Gasteiger partial charge in [0.2, 0.25) is 0 Å². The maximum Gasteiger partial charge on any atom is 0.254 e. The number of imidazole rings is 1. The second kappa shape index (κ2) is 10.8. The molecule has 2 unspecified atom stereocenters. The zero-order valence-corrected chi connectivity index (χ0v) is 26.3. The molecule has 12 heteroatoms. The molecule has 2 bridgehead atoms. The summed E-state index contributed by atoms with van der Waals surface area (Å²) in [7, 11) is 1.66. The van der Waals surface area contributed by atoms with Crippen molar-refractivity contribution >= 4 is 33.8 Å². The molecule has 2 aliphatic heterocycles. The van der Waals surface area contributed by atoms with Gasteiger partial charge in [0.15, 0.2) is 17.3 Å². The van der Waals surface area contributed by atoms with E-state index in [2.05, 4.69) is 42.2 Å². The quantitative estimate of drug-likeness (QED) is 0.271. The molecule has 6 heterocycles. The summed E-state index contributed by atoms with van der Waals surface area (Å²) in [6.07, 6.45) is 9.50. The first-order valence-electron chi connectivity index (χ1n) is 16.6. The lowest BCUT2D eigenvalue weighted by Gasteiger charge is -2.40. The standard InChI is InChI=1S/C35H36N10O2/c1-47-29-13-24(35(46)44-19-23-6-7-27(44)30(23)37)11-25-31(29)45(18-21-15-42(16-21)33-26(14-36)38-9-10-40-33)34(41-25)28-12-22-3-2-8-39-32(22)43(28)17-20-4-5-20/h2-3,8-13,20-21,23,27,30H,4-7,15-19,37H2,1H3/t23?,27?,30-/m1/s1. The monoisotopic (exact) mass is 628 g/mol. The largest absolute Gasteiger partial charge is 0.494 e. The molecule has 4 aliphatic rings. The summed E-state index contributed by atoms with van der Waals surface area (Å²) in [5, 5.41) is 10.7. The van der Waals surface area contributed by atoms with Crippen molar-refractivity contribution in [1.29, 1.82) is 5.26 Å². The molecule has 1 amide bonds. The summed E-state index contributed by atoms with van der Waals surface area (Å²) in [6, 6.07) is 12.4. The van der Waals surface area contributed by atoms with Crippen LogP contribution in [0.25, 0.3) is 33.6 Å². The number of fused-ring (bicyclic) bond motifs is 4. The summed E-state index contributed by atoms with van der Waals surface area (Å²) in [4.78, 5) is 36.7. The third kappa shape index (κ3) is 4.55. The van der Waals surface area contributed by atoms with Crippen molar-refractivity contribution in [2.45, 2.75) is 50.9 Å². The second-order valence-electron chi connectivity index (χ2n) is 13.6. The van der Waals surface area contributed by atoms with Crippen LogP contribution in [0.3, 0.4) is 0 Å². The van der Waals surface area contributed by atoms with Crippen LogP contribution in [0.2, 0.25) is 0 Å². The number of nitrogens with two attached hydrogens (primary N) is 1. The van der Waals surface area contributed by atoms with E-state index in [1.807, 2.05) is 29.3 Å². The Hall–Kier alpha value is -5.02. The van der Waals surface area contributed by atoms with Crippen LogP contribution in [0.4, 0.5) is 5.82 Å². The summed E-state index contributed by atoms with van der Waals surface area (Å²) in [5.41, 5.74) is 10.9. The summed E-state index contributed by atoms with van der Waals surface area (Å²) >= 11 is 0. The highest BCUT2D eigenvalue weighted by molar-refractivity contribution is 6.00. The topological polar surface area (TPSA) is 144 Å². The number of methoxy groups -OCH3 is 1. The summed E-state index contributed by atoms with van der Waals surface area (Å²) < 4.78 is 10.6. The van der Waals surface area contributed by atoms with E-state index in [1.165, 1.54) is 12.8 Å². The minimum atomic E-state index is -0.0112. The van der Waals surface area contributed by atoms with Crippen molar-refractivity contribution in [2.75, 3.05) is 31.6 Å². The highest BCUT2D eigenvalue weighted by Gasteiger charge is 2.47.